The molecule has 7 heterocycles. The predicted octanol–water partition coefficient (Wildman–Crippen LogP) is 10.9. The second-order valence-electron chi connectivity index (χ2n) is 20.6. The lowest BCUT2D eigenvalue weighted by molar-refractivity contribution is -0.138. The lowest BCUT2D eigenvalue weighted by Gasteiger charge is -2.32. The molecule has 0 amide bonds. The van der Waals surface area contributed by atoms with Gasteiger partial charge in [0, 0.05) is 86.6 Å². The second kappa shape index (κ2) is 23.5. The number of ketones is 2. The second-order valence-corrected chi connectivity index (χ2v) is 21.0. The maximum atomic E-state index is 13.1. The number of hydrogen-bond donors (Lipinski definition) is 0. The Kier molecular flexibility index (Phi) is 16.9. The number of aryl methyl sites for hydroxylation is 2. The van der Waals surface area contributed by atoms with Crippen LogP contribution >= 0.6 is 11.6 Å². The van der Waals surface area contributed by atoms with Crippen LogP contribution in [0.4, 0.5) is 37.7 Å². The van der Waals surface area contributed by atoms with E-state index in [4.69, 9.17) is 35.5 Å². The van der Waals surface area contributed by atoms with Crippen molar-refractivity contribution in [3.05, 3.63) is 172 Å². The number of anilines is 2. The van der Waals surface area contributed by atoms with E-state index in [0.29, 0.717) is 46.3 Å². The number of fused-ring (bicyclic) bond motifs is 2. The van der Waals surface area contributed by atoms with Crippen LogP contribution in [0.2, 0.25) is 5.15 Å². The minimum Gasteiger partial charge on any atom is -0.399 e. The summed E-state index contributed by atoms with van der Waals surface area (Å²) in [5.74, 6) is -0.523. The van der Waals surface area contributed by atoms with E-state index in [-0.39, 0.29) is 24.4 Å². The van der Waals surface area contributed by atoms with Crippen molar-refractivity contribution in [2.24, 2.45) is 0 Å². The third kappa shape index (κ3) is 13.2. The minimum absolute atomic E-state index is 0.115. The molecule has 14 nitrogen and oxygen atoms in total. The number of hydrogen-bond acceptors (Lipinski definition) is 12. The van der Waals surface area contributed by atoms with E-state index < -0.39 is 41.8 Å². The largest absolute Gasteiger partial charge is 0.495 e. The molecule has 0 saturated carbocycles. The molecule has 0 radical (unpaired) electrons. The van der Waals surface area contributed by atoms with Crippen LogP contribution in [0.25, 0.3) is 22.6 Å². The van der Waals surface area contributed by atoms with Crippen molar-refractivity contribution >= 4 is 58.4 Å². The molecule has 0 unspecified atom stereocenters. The number of carbonyl (C=O) groups is 2. The van der Waals surface area contributed by atoms with Crippen LogP contribution < -0.4 is 15.3 Å². The van der Waals surface area contributed by atoms with Crippen molar-refractivity contribution in [3.63, 3.8) is 0 Å². The van der Waals surface area contributed by atoms with Gasteiger partial charge in [0.25, 0.3) is 0 Å². The Labute approximate surface area is 463 Å². The Balaban J connectivity index is 0.000000155. The summed E-state index contributed by atoms with van der Waals surface area (Å²) in [6, 6.07) is 24.1. The molecule has 3 fully saturated rings. The summed E-state index contributed by atoms with van der Waals surface area (Å²) in [6.07, 6.45) is -2.14. The number of halogens is 7. The first-order valence-electron chi connectivity index (χ1n) is 25.9. The molecule has 3 aliphatic rings. The number of imidazole rings is 2. The van der Waals surface area contributed by atoms with Crippen LogP contribution in [0.3, 0.4) is 0 Å². The number of alkyl halides is 6. The first kappa shape index (κ1) is 57.5. The third-order valence-electron chi connectivity index (χ3n) is 14.5. The molecule has 0 bridgehead atoms. The number of Topliss-reactive ketones (excluding diaryl/α,β-unsaturated/α-hetero) is 2. The zero-order chi connectivity index (χ0) is 57.1. The predicted molar refractivity (Wildman–Crippen MR) is 293 cm³/mol. The summed E-state index contributed by atoms with van der Waals surface area (Å²) in [5.41, 5.74) is 6.53. The SMILES string of the molecule is Cc1ccc(C(=O)Cc2cccc(C(F)(F)F)c2)cc1-c1cc(N2CCOCC2)c2nccn2n1.Cc1ccc(C(=O)Cc2cccc(C(F)(F)F)c2)cc1B1OC(C)(C)C(C)(C)O1.Clc1cc(N2CCOCC2)c2nccn2n1. The van der Waals surface area contributed by atoms with Crippen LogP contribution in [0.5, 0.6) is 0 Å². The number of morpholine rings is 2. The molecule has 0 spiro atoms. The van der Waals surface area contributed by atoms with Gasteiger partial charge < -0.3 is 28.6 Å². The van der Waals surface area contributed by atoms with Gasteiger partial charge in [0.15, 0.2) is 28.0 Å². The zero-order valence-corrected chi connectivity index (χ0v) is 45.6. The molecular weight excluding hydrogens is 1060 g/mol. The van der Waals surface area contributed by atoms with E-state index in [1.54, 1.807) is 64.2 Å². The number of aromatic nitrogens is 6. The molecular formula is C58H58BClF6N8O6. The highest BCUT2D eigenvalue weighted by molar-refractivity contribution is 6.62. The molecule has 3 aliphatic heterocycles. The van der Waals surface area contributed by atoms with Crippen molar-refractivity contribution < 1.29 is 54.7 Å². The Morgan fingerprint density at radius 2 is 1.06 bits per heavy atom. The number of nitrogens with zero attached hydrogens (tertiary/aromatic N) is 8. The molecule has 418 valence electrons. The lowest BCUT2D eigenvalue weighted by atomic mass is 9.75. The first-order valence-corrected chi connectivity index (χ1v) is 26.3. The number of carbonyl (C=O) groups excluding carboxylic acids is 2. The topological polar surface area (TPSA) is 138 Å². The smallest absolute Gasteiger partial charge is 0.399 e. The van der Waals surface area contributed by atoms with Crippen molar-refractivity contribution in [1.82, 2.24) is 29.2 Å². The van der Waals surface area contributed by atoms with Gasteiger partial charge in [0.1, 0.15) is 0 Å². The average Bonchev–Trinajstić information content (AvgIpc) is 4.16. The molecule has 0 aliphatic carbocycles. The minimum atomic E-state index is -4.45. The molecule has 0 N–H and O–H groups in total. The van der Waals surface area contributed by atoms with Crippen LogP contribution in [0.1, 0.15) is 81.8 Å². The van der Waals surface area contributed by atoms with Gasteiger partial charge in [-0.3, -0.25) is 9.59 Å². The fourth-order valence-corrected chi connectivity index (χ4v) is 9.56. The highest BCUT2D eigenvalue weighted by Gasteiger charge is 2.52. The number of rotatable bonds is 10. The third-order valence-corrected chi connectivity index (χ3v) is 14.7. The molecule has 0 atom stereocenters. The normalized spacial score (nSPS) is 16.3. The lowest BCUT2D eigenvalue weighted by Crippen LogP contribution is -2.41. The van der Waals surface area contributed by atoms with Crippen molar-refractivity contribution in [3.8, 4) is 11.3 Å². The van der Waals surface area contributed by atoms with Gasteiger partial charge >= 0.3 is 19.5 Å². The summed E-state index contributed by atoms with van der Waals surface area (Å²) in [4.78, 5) is 38.9. The van der Waals surface area contributed by atoms with Gasteiger partial charge in [-0.15, -0.1) is 0 Å². The molecule has 22 heteroatoms. The number of benzene rings is 4. The van der Waals surface area contributed by atoms with Crippen LogP contribution in [0, 0.1) is 13.8 Å². The van der Waals surface area contributed by atoms with Gasteiger partial charge in [-0.25, -0.2) is 19.0 Å². The van der Waals surface area contributed by atoms with E-state index in [9.17, 15) is 35.9 Å². The Bertz CT molecular complexity index is 3520. The quantitative estimate of drug-likeness (QED) is 0.0732. The van der Waals surface area contributed by atoms with Crippen molar-refractivity contribution in [2.75, 3.05) is 62.4 Å². The standard InChI is InChI=1S/C26H23F3N4O2.C22H24BF3O3.C10H11ClN4O/c1-17-5-6-19(24(34)14-18-3-2-4-20(13-18)26(27,28)29)15-21(17)22-16-23(32-9-11-35-12-10-32)25-30-7-8-33(25)31-22;1-14-9-10-16(13-18(14)23-28-20(2,3)21(4,5)29-23)19(27)12-15-7-6-8-17(11-15)22(24,25)26;11-9-7-8(14-3-5-16-6-4-14)10-12-1-2-15(10)13-9/h2-8,13,15-16H,9-12,14H2,1H3;6-11,13H,12H2,1-5H3;1-2,7H,3-6H2. The Morgan fingerprint density at radius 3 is 1.56 bits per heavy atom. The van der Waals surface area contributed by atoms with Gasteiger partial charge in [-0.05, 0) is 88.0 Å². The first-order chi connectivity index (χ1) is 37.9. The van der Waals surface area contributed by atoms with Crippen LogP contribution in [0.15, 0.2) is 122 Å². The Morgan fingerprint density at radius 1 is 0.600 bits per heavy atom. The zero-order valence-electron chi connectivity index (χ0n) is 44.9. The van der Waals surface area contributed by atoms with E-state index in [2.05, 4.69) is 24.9 Å². The maximum Gasteiger partial charge on any atom is 0.495 e. The summed E-state index contributed by atoms with van der Waals surface area (Å²) in [6.45, 7) is 17.6. The number of ether oxygens (including phenoxy) is 2. The van der Waals surface area contributed by atoms with Crippen molar-refractivity contribution in [1.29, 1.82) is 0 Å². The fraction of sp³-hybridized carbons (Fsp3) is 0.345. The fourth-order valence-electron chi connectivity index (χ4n) is 9.38. The van der Waals surface area contributed by atoms with Gasteiger partial charge in [-0.2, -0.15) is 36.5 Å². The van der Waals surface area contributed by atoms with Gasteiger partial charge in [0.05, 0.1) is 65.8 Å². The monoisotopic (exact) mass is 1120 g/mol. The van der Waals surface area contributed by atoms with E-state index >= 15 is 0 Å². The molecule has 11 rings (SSSR count). The average molecular weight is 1120 g/mol. The van der Waals surface area contributed by atoms with E-state index in [0.717, 1.165) is 108 Å². The summed E-state index contributed by atoms with van der Waals surface area (Å²) >= 11 is 5.98. The highest BCUT2D eigenvalue weighted by atomic mass is 35.5. The van der Waals surface area contributed by atoms with Gasteiger partial charge in [-0.1, -0.05) is 83.9 Å². The molecule has 4 aromatic heterocycles. The van der Waals surface area contributed by atoms with E-state index in [1.165, 1.54) is 24.3 Å². The van der Waals surface area contributed by atoms with E-state index in [1.807, 2.05) is 59.7 Å². The maximum absolute atomic E-state index is 13.1. The highest BCUT2D eigenvalue weighted by Crippen LogP contribution is 2.38. The summed E-state index contributed by atoms with van der Waals surface area (Å²) < 4.78 is 104. The molecule has 8 aromatic rings. The summed E-state index contributed by atoms with van der Waals surface area (Å²) in [5, 5.41) is 9.34. The molecule has 4 aromatic carbocycles. The van der Waals surface area contributed by atoms with Crippen LogP contribution in [-0.2, 0) is 44.0 Å². The summed E-state index contributed by atoms with van der Waals surface area (Å²) in [7, 11) is -0.610. The van der Waals surface area contributed by atoms with Gasteiger partial charge in [0.2, 0.25) is 0 Å². The Hall–Kier alpha value is -7.17. The molecule has 3 saturated heterocycles. The van der Waals surface area contributed by atoms with Crippen molar-refractivity contribution in [2.45, 2.75) is 77.9 Å². The molecule has 80 heavy (non-hydrogen) atoms. The van der Waals surface area contributed by atoms with Crippen LogP contribution in [-0.4, -0.2) is 112 Å².